The highest BCUT2D eigenvalue weighted by molar-refractivity contribution is 5.70. The summed E-state index contributed by atoms with van der Waals surface area (Å²) in [5.41, 5.74) is 7.82. The van der Waals surface area contributed by atoms with Crippen molar-refractivity contribution in [3.05, 3.63) is 71.3 Å². The van der Waals surface area contributed by atoms with E-state index in [-0.39, 0.29) is 6.54 Å². The quantitative estimate of drug-likeness (QED) is 0.515. The number of nitrogens with zero attached hydrogens (tertiary/aromatic N) is 1. The molecule has 2 aromatic carbocycles. The lowest BCUT2D eigenvalue weighted by atomic mass is 10.1. The molecule has 2 amide bonds. The van der Waals surface area contributed by atoms with Crippen molar-refractivity contribution in [2.45, 2.75) is 6.42 Å². The molecule has 21 heavy (non-hydrogen) atoms. The fraction of sp³-hybridized carbons (Fsp3) is 0.118. The van der Waals surface area contributed by atoms with Crippen molar-refractivity contribution in [2.75, 3.05) is 6.54 Å². The second-order valence-electron chi connectivity index (χ2n) is 4.52. The third kappa shape index (κ3) is 4.68. The number of primary amides is 1. The lowest BCUT2D eigenvalue weighted by Crippen LogP contribution is -2.34. The van der Waals surface area contributed by atoms with E-state index in [2.05, 4.69) is 11.8 Å². The summed E-state index contributed by atoms with van der Waals surface area (Å²) in [4.78, 5) is 10.7. The van der Waals surface area contributed by atoms with Crippen LogP contribution in [0.25, 0.3) is 0 Å². The fourth-order valence-electron chi connectivity index (χ4n) is 1.77. The number of carbonyl (C=O) groups excluding carboxylic acids is 1. The van der Waals surface area contributed by atoms with Gasteiger partial charge in [0.05, 0.1) is 6.54 Å². The zero-order valence-corrected chi connectivity index (χ0v) is 11.5. The van der Waals surface area contributed by atoms with Crippen LogP contribution in [0.1, 0.15) is 16.7 Å². The summed E-state index contributed by atoms with van der Waals surface area (Å²) in [6.45, 7) is 0.171. The van der Waals surface area contributed by atoms with Crippen molar-refractivity contribution in [1.82, 2.24) is 5.06 Å². The molecule has 0 atom stereocenters. The number of rotatable bonds is 3. The molecule has 4 nitrogen and oxygen atoms in total. The molecule has 0 bridgehead atoms. The average Bonchev–Trinajstić information content (AvgIpc) is 2.52. The predicted octanol–water partition coefficient (Wildman–Crippen LogP) is 2.40. The van der Waals surface area contributed by atoms with Crippen molar-refractivity contribution in [3.63, 3.8) is 0 Å². The van der Waals surface area contributed by atoms with Gasteiger partial charge in [-0.25, -0.2) is 9.86 Å². The van der Waals surface area contributed by atoms with Crippen LogP contribution in [0.5, 0.6) is 0 Å². The number of hydrogen-bond acceptors (Lipinski definition) is 2. The largest absolute Gasteiger partial charge is 0.350 e. The van der Waals surface area contributed by atoms with Crippen LogP contribution < -0.4 is 5.73 Å². The summed E-state index contributed by atoms with van der Waals surface area (Å²) in [7, 11) is 0. The van der Waals surface area contributed by atoms with Gasteiger partial charge in [0.1, 0.15) is 0 Å². The van der Waals surface area contributed by atoms with Gasteiger partial charge in [-0.05, 0) is 36.2 Å². The predicted molar refractivity (Wildman–Crippen MR) is 80.6 cm³/mol. The molecule has 0 unspecified atom stereocenters. The third-order valence-electron chi connectivity index (χ3n) is 2.95. The summed E-state index contributed by atoms with van der Waals surface area (Å²) >= 11 is 0. The standard InChI is InChI=1S/C17H16N2O2/c18-17(20)19(21)13-12-16-10-8-15(9-11-16)7-6-14-4-2-1-3-5-14/h1-5,8-11,21H,12-13H2,(H2,18,20). The van der Waals surface area contributed by atoms with E-state index in [1.807, 2.05) is 54.6 Å². The molecule has 0 aliphatic heterocycles. The zero-order valence-electron chi connectivity index (χ0n) is 11.5. The Balaban J connectivity index is 1.96. The first-order valence-corrected chi connectivity index (χ1v) is 6.57. The minimum Gasteiger partial charge on any atom is -0.350 e. The Kier molecular flexibility index (Phi) is 4.97. The van der Waals surface area contributed by atoms with Gasteiger partial charge in [0.25, 0.3) is 0 Å². The molecule has 0 aliphatic rings. The SMILES string of the molecule is NC(=O)N(O)CCc1ccc(C#Cc2ccccc2)cc1. The smallest absolute Gasteiger partial charge is 0.338 e. The van der Waals surface area contributed by atoms with Crippen molar-refractivity contribution in [3.8, 4) is 11.8 Å². The Morgan fingerprint density at radius 1 is 1.00 bits per heavy atom. The van der Waals surface area contributed by atoms with Crippen LogP contribution in [-0.4, -0.2) is 22.8 Å². The molecule has 0 aliphatic carbocycles. The topological polar surface area (TPSA) is 66.6 Å². The Labute approximate surface area is 123 Å². The third-order valence-corrected chi connectivity index (χ3v) is 2.95. The molecule has 0 heterocycles. The summed E-state index contributed by atoms with van der Waals surface area (Å²) in [5.74, 6) is 6.17. The van der Waals surface area contributed by atoms with E-state index in [0.717, 1.165) is 16.7 Å². The number of urea groups is 1. The monoisotopic (exact) mass is 280 g/mol. The van der Waals surface area contributed by atoms with Crippen LogP contribution in [0.4, 0.5) is 4.79 Å². The van der Waals surface area contributed by atoms with E-state index in [4.69, 9.17) is 5.73 Å². The van der Waals surface area contributed by atoms with Crippen LogP contribution >= 0.6 is 0 Å². The Bertz CT molecular complexity index is 655. The van der Waals surface area contributed by atoms with Crippen molar-refractivity contribution >= 4 is 6.03 Å². The Morgan fingerprint density at radius 3 is 2.14 bits per heavy atom. The molecule has 2 aromatic rings. The van der Waals surface area contributed by atoms with Crippen LogP contribution in [0.3, 0.4) is 0 Å². The molecule has 0 spiro atoms. The lowest BCUT2D eigenvalue weighted by molar-refractivity contribution is -0.0382. The molecule has 3 N–H and O–H groups in total. The molecule has 106 valence electrons. The minimum absolute atomic E-state index is 0.171. The van der Waals surface area contributed by atoms with Crippen molar-refractivity contribution in [1.29, 1.82) is 0 Å². The lowest BCUT2D eigenvalue weighted by Gasteiger charge is -2.11. The Morgan fingerprint density at radius 2 is 1.57 bits per heavy atom. The molecule has 0 aromatic heterocycles. The van der Waals surface area contributed by atoms with Gasteiger partial charge >= 0.3 is 6.03 Å². The fourth-order valence-corrected chi connectivity index (χ4v) is 1.77. The molecule has 0 radical (unpaired) electrons. The summed E-state index contributed by atoms with van der Waals surface area (Å²) in [6, 6.07) is 16.6. The number of nitrogens with two attached hydrogens (primary N) is 1. The first-order valence-electron chi connectivity index (χ1n) is 6.57. The molecule has 0 saturated heterocycles. The molecular weight excluding hydrogens is 264 g/mol. The second kappa shape index (κ2) is 7.13. The number of hydroxylamine groups is 2. The highest BCUT2D eigenvalue weighted by Crippen LogP contribution is 2.05. The average molecular weight is 280 g/mol. The van der Waals surface area contributed by atoms with Crippen LogP contribution in [0, 0.1) is 11.8 Å². The maximum atomic E-state index is 10.7. The van der Waals surface area contributed by atoms with Gasteiger partial charge in [-0.15, -0.1) is 0 Å². The maximum absolute atomic E-state index is 10.7. The van der Waals surface area contributed by atoms with Gasteiger partial charge in [0, 0.05) is 11.1 Å². The van der Waals surface area contributed by atoms with E-state index in [0.29, 0.717) is 11.5 Å². The highest BCUT2D eigenvalue weighted by atomic mass is 16.5. The van der Waals surface area contributed by atoms with E-state index >= 15 is 0 Å². The van der Waals surface area contributed by atoms with Crippen LogP contribution in [0.2, 0.25) is 0 Å². The number of amides is 2. The van der Waals surface area contributed by atoms with Crippen LogP contribution in [0.15, 0.2) is 54.6 Å². The van der Waals surface area contributed by atoms with Gasteiger partial charge in [-0.2, -0.15) is 0 Å². The van der Waals surface area contributed by atoms with Crippen molar-refractivity contribution in [2.24, 2.45) is 5.73 Å². The van der Waals surface area contributed by atoms with E-state index in [9.17, 15) is 10.0 Å². The summed E-state index contributed by atoms with van der Waals surface area (Å²) in [5, 5.41) is 9.69. The molecule has 0 fully saturated rings. The number of benzene rings is 2. The first kappa shape index (κ1) is 14.6. The van der Waals surface area contributed by atoms with Gasteiger partial charge in [0.15, 0.2) is 0 Å². The zero-order chi connectivity index (χ0) is 15.1. The van der Waals surface area contributed by atoms with E-state index in [1.54, 1.807) is 0 Å². The number of carbonyl (C=O) groups is 1. The van der Waals surface area contributed by atoms with Gasteiger partial charge in [0.2, 0.25) is 0 Å². The number of hydrogen-bond donors (Lipinski definition) is 2. The Hall–Kier alpha value is -2.77. The van der Waals surface area contributed by atoms with E-state index < -0.39 is 6.03 Å². The molecule has 2 rings (SSSR count). The van der Waals surface area contributed by atoms with Crippen LogP contribution in [-0.2, 0) is 6.42 Å². The van der Waals surface area contributed by atoms with Gasteiger partial charge in [-0.3, -0.25) is 5.21 Å². The second-order valence-corrected chi connectivity index (χ2v) is 4.52. The highest BCUT2D eigenvalue weighted by Gasteiger charge is 2.04. The van der Waals surface area contributed by atoms with E-state index in [1.165, 1.54) is 0 Å². The van der Waals surface area contributed by atoms with Gasteiger partial charge < -0.3 is 5.73 Å². The normalized spacial score (nSPS) is 9.57. The molecule has 4 heteroatoms. The van der Waals surface area contributed by atoms with Crippen molar-refractivity contribution < 1.29 is 10.0 Å². The minimum atomic E-state index is -0.847. The summed E-state index contributed by atoms with van der Waals surface area (Å²) < 4.78 is 0. The van der Waals surface area contributed by atoms with Gasteiger partial charge in [-0.1, -0.05) is 42.2 Å². The maximum Gasteiger partial charge on any atom is 0.338 e. The first-order chi connectivity index (χ1) is 10.1. The molecular formula is C17H16N2O2. The molecule has 0 saturated carbocycles. The summed E-state index contributed by atoms with van der Waals surface area (Å²) in [6.07, 6.45) is 0.534.